The summed E-state index contributed by atoms with van der Waals surface area (Å²) in [5, 5.41) is 11.1. The number of rotatable bonds is 2. The highest BCUT2D eigenvalue weighted by atomic mass is 35.5. The molecule has 0 aromatic heterocycles. The minimum Gasteiger partial charge on any atom is -0.386 e. The van der Waals surface area contributed by atoms with Crippen LogP contribution in [-0.2, 0) is 4.74 Å². The summed E-state index contributed by atoms with van der Waals surface area (Å²) in [5.41, 5.74) is 0.688. The highest BCUT2D eigenvalue weighted by molar-refractivity contribution is 6.35. The maximum absolute atomic E-state index is 10.0. The first-order valence-electron chi connectivity index (χ1n) is 4.93. The van der Waals surface area contributed by atoms with Gasteiger partial charge in [-0.25, -0.2) is 0 Å². The third-order valence-corrected chi connectivity index (χ3v) is 3.16. The van der Waals surface area contributed by atoms with E-state index in [9.17, 15) is 5.11 Å². The Morgan fingerprint density at radius 3 is 2.80 bits per heavy atom. The molecule has 0 spiro atoms. The predicted octanol–water partition coefficient (Wildman–Crippen LogP) is 3.21. The normalized spacial score (nSPS) is 23.0. The molecule has 1 fully saturated rings. The monoisotopic (exact) mass is 246 g/mol. The van der Waals surface area contributed by atoms with Crippen LogP contribution < -0.4 is 0 Å². The van der Waals surface area contributed by atoms with Crippen molar-refractivity contribution in [3.05, 3.63) is 33.8 Å². The van der Waals surface area contributed by atoms with Gasteiger partial charge in [-0.2, -0.15) is 0 Å². The van der Waals surface area contributed by atoms with E-state index >= 15 is 0 Å². The molecule has 1 aromatic carbocycles. The largest absolute Gasteiger partial charge is 0.386 e. The topological polar surface area (TPSA) is 29.5 Å². The number of hydrogen-bond acceptors (Lipinski definition) is 2. The van der Waals surface area contributed by atoms with Crippen molar-refractivity contribution in [2.45, 2.75) is 25.0 Å². The van der Waals surface area contributed by atoms with Crippen LogP contribution >= 0.6 is 23.2 Å². The van der Waals surface area contributed by atoms with Gasteiger partial charge in [0, 0.05) is 22.2 Å². The van der Waals surface area contributed by atoms with E-state index in [1.165, 1.54) is 0 Å². The summed E-state index contributed by atoms with van der Waals surface area (Å²) in [5.74, 6) is 0. The van der Waals surface area contributed by atoms with Gasteiger partial charge in [-0.15, -0.1) is 0 Å². The molecule has 1 heterocycles. The van der Waals surface area contributed by atoms with Gasteiger partial charge in [0.15, 0.2) is 0 Å². The molecular weight excluding hydrogens is 235 g/mol. The van der Waals surface area contributed by atoms with Gasteiger partial charge >= 0.3 is 0 Å². The molecule has 4 heteroatoms. The molecule has 0 bridgehead atoms. The van der Waals surface area contributed by atoms with Crippen LogP contribution in [0.2, 0.25) is 10.0 Å². The second-order valence-corrected chi connectivity index (χ2v) is 4.51. The van der Waals surface area contributed by atoms with Gasteiger partial charge in [-0.1, -0.05) is 29.3 Å². The fraction of sp³-hybridized carbons (Fsp3) is 0.455. The van der Waals surface area contributed by atoms with Crippen LogP contribution in [-0.4, -0.2) is 17.8 Å². The van der Waals surface area contributed by atoms with Gasteiger partial charge in [-0.3, -0.25) is 0 Å². The standard InChI is InChI=1S/C11H12Cl2O2/c12-7-3-4-8(9(13)6-7)11(14)10-2-1-5-15-10/h3-4,6,10-11,14H,1-2,5H2. The average Bonchev–Trinajstić information content (AvgIpc) is 2.69. The van der Waals surface area contributed by atoms with E-state index in [1.807, 2.05) is 0 Å². The SMILES string of the molecule is OC(c1ccc(Cl)cc1Cl)C1CCCO1. The van der Waals surface area contributed by atoms with Crippen LogP contribution in [0.4, 0.5) is 0 Å². The Balaban J connectivity index is 2.20. The summed E-state index contributed by atoms with van der Waals surface area (Å²) in [4.78, 5) is 0. The van der Waals surface area contributed by atoms with Crippen LogP contribution in [0, 0.1) is 0 Å². The molecule has 0 aliphatic carbocycles. The fourth-order valence-electron chi connectivity index (χ4n) is 1.79. The molecule has 2 nitrogen and oxygen atoms in total. The summed E-state index contributed by atoms with van der Waals surface area (Å²) >= 11 is 11.8. The van der Waals surface area contributed by atoms with Crippen molar-refractivity contribution in [1.29, 1.82) is 0 Å². The third kappa shape index (κ3) is 2.45. The zero-order valence-corrected chi connectivity index (χ0v) is 9.63. The van der Waals surface area contributed by atoms with Gasteiger partial charge in [0.05, 0.1) is 6.10 Å². The molecule has 1 aliphatic rings. The van der Waals surface area contributed by atoms with Crippen molar-refractivity contribution < 1.29 is 9.84 Å². The summed E-state index contributed by atoms with van der Waals surface area (Å²) in [6.07, 6.45) is 1.08. The first kappa shape index (κ1) is 11.2. The van der Waals surface area contributed by atoms with Crippen molar-refractivity contribution in [3.8, 4) is 0 Å². The molecule has 82 valence electrons. The summed E-state index contributed by atoms with van der Waals surface area (Å²) < 4.78 is 5.41. The van der Waals surface area contributed by atoms with Gasteiger partial charge < -0.3 is 9.84 Å². The molecule has 1 N–H and O–H groups in total. The molecule has 0 radical (unpaired) electrons. The van der Waals surface area contributed by atoms with E-state index < -0.39 is 6.10 Å². The predicted molar refractivity (Wildman–Crippen MR) is 60.4 cm³/mol. The van der Waals surface area contributed by atoms with Crippen molar-refractivity contribution in [2.24, 2.45) is 0 Å². The van der Waals surface area contributed by atoms with Crippen LogP contribution in [0.3, 0.4) is 0 Å². The summed E-state index contributed by atoms with van der Waals surface area (Å²) in [6.45, 7) is 0.715. The van der Waals surface area contributed by atoms with E-state index in [0.717, 1.165) is 12.8 Å². The van der Waals surface area contributed by atoms with Crippen molar-refractivity contribution >= 4 is 23.2 Å². The zero-order chi connectivity index (χ0) is 10.8. The quantitative estimate of drug-likeness (QED) is 0.869. The molecule has 1 saturated heterocycles. The van der Waals surface area contributed by atoms with Crippen LogP contribution in [0.25, 0.3) is 0 Å². The molecule has 0 amide bonds. The Morgan fingerprint density at radius 2 is 2.20 bits per heavy atom. The van der Waals surface area contributed by atoms with E-state index in [4.69, 9.17) is 27.9 Å². The second kappa shape index (κ2) is 4.71. The first-order valence-corrected chi connectivity index (χ1v) is 5.68. The van der Waals surface area contributed by atoms with Crippen LogP contribution in [0.15, 0.2) is 18.2 Å². The molecule has 15 heavy (non-hydrogen) atoms. The Labute approximate surface area is 98.8 Å². The van der Waals surface area contributed by atoms with Gasteiger partial charge in [0.25, 0.3) is 0 Å². The Hall–Kier alpha value is -0.280. The Bertz CT molecular complexity index is 348. The minimum atomic E-state index is -0.655. The molecule has 1 aliphatic heterocycles. The third-order valence-electron chi connectivity index (χ3n) is 2.60. The van der Waals surface area contributed by atoms with E-state index in [2.05, 4.69) is 0 Å². The number of aliphatic hydroxyl groups is 1. The number of hydrogen-bond donors (Lipinski definition) is 1. The number of benzene rings is 1. The molecule has 2 unspecified atom stereocenters. The molecule has 0 saturated carbocycles. The lowest BCUT2D eigenvalue weighted by Gasteiger charge is -2.18. The highest BCUT2D eigenvalue weighted by Gasteiger charge is 2.26. The van der Waals surface area contributed by atoms with Crippen molar-refractivity contribution in [2.75, 3.05) is 6.61 Å². The molecule has 2 rings (SSSR count). The molecule has 1 aromatic rings. The van der Waals surface area contributed by atoms with E-state index in [1.54, 1.807) is 18.2 Å². The summed E-state index contributed by atoms with van der Waals surface area (Å²) in [6, 6.07) is 5.11. The fourth-order valence-corrected chi connectivity index (χ4v) is 2.31. The number of halogens is 2. The second-order valence-electron chi connectivity index (χ2n) is 3.66. The lowest BCUT2D eigenvalue weighted by molar-refractivity contribution is -0.00253. The number of aliphatic hydroxyl groups excluding tert-OH is 1. The van der Waals surface area contributed by atoms with Gasteiger partial charge in [-0.05, 0) is 25.0 Å². The Kier molecular flexibility index (Phi) is 3.52. The smallest absolute Gasteiger partial charge is 0.107 e. The van der Waals surface area contributed by atoms with Crippen molar-refractivity contribution in [3.63, 3.8) is 0 Å². The van der Waals surface area contributed by atoms with Crippen molar-refractivity contribution in [1.82, 2.24) is 0 Å². The maximum Gasteiger partial charge on any atom is 0.107 e. The van der Waals surface area contributed by atoms with Crippen LogP contribution in [0.5, 0.6) is 0 Å². The van der Waals surface area contributed by atoms with Gasteiger partial charge in [0.1, 0.15) is 6.10 Å². The first-order chi connectivity index (χ1) is 7.18. The molecule has 2 atom stereocenters. The van der Waals surface area contributed by atoms with Gasteiger partial charge in [0.2, 0.25) is 0 Å². The highest BCUT2D eigenvalue weighted by Crippen LogP contribution is 2.32. The summed E-state index contributed by atoms with van der Waals surface area (Å²) in [7, 11) is 0. The van der Waals surface area contributed by atoms with E-state index in [0.29, 0.717) is 22.2 Å². The zero-order valence-electron chi connectivity index (χ0n) is 8.12. The molecular formula is C11H12Cl2O2. The lowest BCUT2D eigenvalue weighted by Crippen LogP contribution is -2.17. The maximum atomic E-state index is 10.0. The lowest BCUT2D eigenvalue weighted by atomic mass is 10.0. The Morgan fingerprint density at radius 1 is 1.40 bits per heavy atom. The van der Waals surface area contributed by atoms with E-state index in [-0.39, 0.29) is 6.10 Å². The minimum absolute atomic E-state index is 0.135. The number of ether oxygens (including phenoxy) is 1. The van der Waals surface area contributed by atoms with Crippen LogP contribution in [0.1, 0.15) is 24.5 Å². The average molecular weight is 247 g/mol.